The average molecular weight is 1300 g/mol. The normalized spacial score (nSPS) is 14.4. The molecule has 0 spiro atoms. The van der Waals surface area contributed by atoms with Crippen LogP contribution in [-0.4, -0.2) is 23.9 Å². The van der Waals surface area contributed by atoms with Crippen LogP contribution in [0.15, 0.2) is 182 Å². The molecule has 0 radical (unpaired) electrons. The lowest BCUT2D eigenvalue weighted by Gasteiger charge is -2.44. The Balaban J connectivity index is 0.000000629. The molecule has 0 N–H and O–H groups in total. The van der Waals surface area contributed by atoms with Crippen molar-refractivity contribution < 1.29 is 38.1 Å². The number of hydrogen-bond donors (Lipinski definition) is 0. The van der Waals surface area contributed by atoms with E-state index in [1.807, 2.05) is 197 Å². The van der Waals surface area contributed by atoms with E-state index >= 15 is 0 Å². The number of ether oxygens (including phenoxy) is 4. The van der Waals surface area contributed by atoms with Crippen molar-refractivity contribution in [1.82, 2.24) is 0 Å². The average Bonchev–Trinajstić information content (AvgIpc) is 0.764. The van der Waals surface area contributed by atoms with Crippen LogP contribution < -0.4 is 0 Å². The molecule has 2 aliphatic rings. The number of rotatable bonds is 23. The number of carbonyl (C=O) groups is 4. The lowest BCUT2D eigenvalue weighted by Crippen LogP contribution is -2.45. The molecule has 2 saturated carbocycles. The Morgan fingerprint density at radius 2 is 0.558 bits per heavy atom. The lowest BCUT2D eigenvalue weighted by atomic mass is 9.69. The maximum Gasteiger partial charge on any atom is 0.312 e. The fourth-order valence-corrected chi connectivity index (χ4v) is 12.1. The van der Waals surface area contributed by atoms with Crippen molar-refractivity contribution in [1.29, 1.82) is 0 Å². The summed E-state index contributed by atoms with van der Waals surface area (Å²) in [4.78, 5) is 51.2. The second-order valence-electron chi connectivity index (χ2n) is 28.1. The van der Waals surface area contributed by atoms with Gasteiger partial charge in [0.05, 0.1) is 21.7 Å². The highest BCUT2D eigenvalue weighted by Gasteiger charge is 2.49. The van der Waals surface area contributed by atoms with Gasteiger partial charge in [-0.15, -0.1) is 0 Å². The van der Waals surface area contributed by atoms with Crippen molar-refractivity contribution in [2.24, 2.45) is 33.5 Å². The highest BCUT2D eigenvalue weighted by atomic mass is 16.6. The molecule has 8 nitrogen and oxygen atoms in total. The zero-order valence-corrected chi connectivity index (χ0v) is 58.8. The fourth-order valence-electron chi connectivity index (χ4n) is 12.1. The summed E-state index contributed by atoms with van der Waals surface area (Å²) in [5.74, 6) is 0.264. The maximum absolute atomic E-state index is 13.3. The van der Waals surface area contributed by atoms with Crippen LogP contribution >= 0.6 is 0 Å². The minimum absolute atomic E-state index is 0. The van der Waals surface area contributed by atoms with E-state index in [2.05, 4.69) is 95.3 Å². The molecule has 8 rings (SSSR count). The molecule has 2 aliphatic carbocycles. The summed E-state index contributed by atoms with van der Waals surface area (Å²) >= 11 is 0. The predicted octanol–water partition coefficient (Wildman–Crippen LogP) is 24.5. The number of esters is 4. The van der Waals surface area contributed by atoms with Gasteiger partial charge in [0.2, 0.25) is 0 Å². The Kier molecular flexibility index (Phi) is 35.8. The molecular weight excluding hydrogens is 1170 g/mol. The van der Waals surface area contributed by atoms with E-state index in [4.69, 9.17) is 18.9 Å². The van der Waals surface area contributed by atoms with Crippen LogP contribution in [0.5, 0.6) is 0 Å². The largest absolute Gasteiger partial charge is 0.454 e. The monoisotopic (exact) mass is 1300 g/mol. The Hall–Kier alpha value is -6.80. The van der Waals surface area contributed by atoms with Gasteiger partial charge >= 0.3 is 23.9 Å². The first-order valence-electron chi connectivity index (χ1n) is 34.5. The van der Waals surface area contributed by atoms with Crippen molar-refractivity contribution in [3.63, 3.8) is 0 Å². The van der Waals surface area contributed by atoms with Crippen molar-refractivity contribution in [2.45, 2.75) is 272 Å². The summed E-state index contributed by atoms with van der Waals surface area (Å²) < 4.78 is 24.9. The maximum atomic E-state index is 13.3. The second kappa shape index (κ2) is 39.4. The quantitative estimate of drug-likeness (QED) is 0.0461. The van der Waals surface area contributed by atoms with Crippen molar-refractivity contribution in [3.8, 4) is 0 Å². The standard InChI is InChI=1S/C25H32O2.C21H26O2.C20H30O2.C17H26O2.4CH4/c1-4-24(2,3)23(26)27-25(20-14-8-5-9-15-20,21-16-10-6-11-17-21)22-18-12-7-13-19-22;1-5-20(3,4)19(22)23-21(6-2,17-13-9-7-10-14-17)18-15-11-8-12-16-18;1-5-19(2,3)18(21)22-20(4,16-12-8-6-9-13-16)17-14-10-7-11-15-17;1-6-16(4,5)15(18)19-17(7-2,8-3)14-12-10-9-11-13-14;;;;/h5-6,8-11,14-17,22H,4,7,12-13,18-19H2,1-3H3;7-16H,5-6H2,1-4H3;6,8-9,12-13,17H,5,7,10-11,14-15H2,1-4H3;9-13H,6-8H2,1-5H3;4*1H4. The Morgan fingerprint density at radius 3 is 0.863 bits per heavy atom. The van der Waals surface area contributed by atoms with Gasteiger partial charge in [-0.05, 0) is 144 Å². The third-order valence-electron chi connectivity index (χ3n) is 20.6. The molecule has 8 heteroatoms. The van der Waals surface area contributed by atoms with Gasteiger partial charge in [0.1, 0.15) is 11.2 Å². The first-order chi connectivity index (χ1) is 43.3. The number of benzene rings is 6. The van der Waals surface area contributed by atoms with Gasteiger partial charge in [0, 0.05) is 34.1 Å². The van der Waals surface area contributed by atoms with Crippen LogP contribution in [0.3, 0.4) is 0 Å². The third-order valence-corrected chi connectivity index (χ3v) is 20.6. The minimum Gasteiger partial charge on any atom is -0.454 e. The molecule has 526 valence electrons. The van der Waals surface area contributed by atoms with Gasteiger partial charge in [0.25, 0.3) is 0 Å². The highest BCUT2D eigenvalue weighted by molar-refractivity contribution is 5.78. The highest BCUT2D eigenvalue weighted by Crippen LogP contribution is 2.49. The first-order valence-corrected chi connectivity index (χ1v) is 34.5. The summed E-state index contributed by atoms with van der Waals surface area (Å²) in [6, 6.07) is 61.1. The lowest BCUT2D eigenvalue weighted by molar-refractivity contribution is -0.178. The molecule has 0 amide bonds. The zero-order chi connectivity index (χ0) is 67.0. The molecule has 0 heterocycles. The predicted molar refractivity (Wildman–Crippen MR) is 401 cm³/mol. The Bertz CT molecular complexity index is 3000. The van der Waals surface area contributed by atoms with E-state index in [1.54, 1.807) is 0 Å². The summed E-state index contributed by atoms with van der Waals surface area (Å²) in [6.45, 7) is 32.1. The molecule has 0 aromatic heterocycles. The zero-order valence-electron chi connectivity index (χ0n) is 58.8. The molecule has 2 fully saturated rings. The SMILES string of the molecule is C.C.C.C.CCC(C)(C)C(=O)OC(C)(c1ccccc1)C1CCCCC1.CCC(C)(C)C(=O)OC(CC)(CC)c1ccccc1.CCC(C)(C)C(=O)OC(CC)(c1ccccc1)c1ccccc1.CCC(C)(C)C(=O)OC(c1ccccc1)(c1ccccc1)C1CCCCC1. The van der Waals surface area contributed by atoms with Crippen molar-refractivity contribution in [2.75, 3.05) is 0 Å². The van der Waals surface area contributed by atoms with Gasteiger partial charge in [0.15, 0.2) is 11.2 Å². The van der Waals surface area contributed by atoms with Crippen LogP contribution in [0.4, 0.5) is 0 Å². The molecular formula is C87H130O8. The molecule has 0 saturated heterocycles. The summed E-state index contributed by atoms with van der Waals surface area (Å²) in [7, 11) is 0. The minimum atomic E-state index is -0.744. The summed E-state index contributed by atoms with van der Waals surface area (Å²) in [5.41, 5.74) is 2.09. The fraction of sp³-hybridized carbons (Fsp3) is 0.540. The topological polar surface area (TPSA) is 105 Å². The van der Waals surface area contributed by atoms with Gasteiger partial charge < -0.3 is 18.9 Å². The Morgan fingerprint density at radius 1 is 0.295 bits per heavy atom. The molecule has 95 heavy (non-hydrogen) atoms. The summed E-state index contributed by atoms with van der Waals surface area (Å²) in [6.07, 6.45) is 17.2. The van der Waals surface area contributed by atoms with Crippen LogP contribution in [0.25, 0.3) is 0 Å². The van der Waals surface area contributed by atoms with E-state index in [0.29, 0.717) is 18.3 Å². The van der Waals surface area contributed by atoms with E-state index in [0.717, 1.165) is 97.6 Å². The van der Waals surface area contributed by atoms with Crippen LogP contribution in [-0.2, 0) is 60.5 Å². The van der Waals surface area contributed by atoms with Gasteiger partial charge in [-0.2, -0.15) is 0 Å². The molecule has 6 aromatic carbocycles. The van der Waals surface area contributed by atoms with Crippen LogP contribution in [0.1, 0.15) is 283 Å². The molecule has 6 aromatic rings. The van der Waals surface area contributed by atoms with Gasteiger partial charge in [-0.1, -0.05) is 299 Å². The van der Waals surface area contributed by atoms with Crippen LogP contribution in [0, 0.1) is 33.5 Å². The second-order valence-corrected chi connectivity index (χ2v) is 28.1. The molecule has 1 unspecified atom stereocenters. The molecule has 0 bridgehead atoms. The smallest absolute Gasteiger partial charge is 0.312 e. The van der Waals surface area contributed by atoms with Crippen LogP contribution in [0.2, 0.25) is 0 Å². The van der Waals surface area contributed by atoms with E-state index in [-0.39, 0.29) is 53.6 Å². The molecule has 0 aliphatic heterocycles. The van der Waals surface area contributed by atoms with Crippen molar-refractivity contribution in [3.05, 3.63) is 215 Å². The molecule has 1 atom stereocenters. The van der Waals surface area contributed by atoms with Gasteiger partial charge in [-0.3, -0.25) is 19.2 Å². The number of carbonyl (C=O) groups excluding carboxylic acids is 4. The van der Waals surface area contributed by atoms with E-state index in [1.165, 1.54) is 38.5 Å². The first kappa shape index (κ1) is 86.2. The van der Waals surface area contributed by atoms with E-state index in [9.17, 15) is 19.2 Å². The summed E-state index contributed by atoms with van der Waals surface area (Å²) in [5, 5.41) is 0. The number of hydrogen-bond acceptors (Lipinski definition) is 8. The van der Waals surface area contributed by atoms with Crippen molar-refractivity contribution >= 4 is 23.9 Å². The third kappa shape index (κ3) is 21.9. The van der Waals surface area contributed by atoms with Gasteiger partial charge in [-0.25, -0.2) is 0 Å². The Labute approximate surface area is 579 Å². The van der Waals surface area contributed by atoms with E-state index < -0.39 is 44.1 Å².